The molecular weight excluding hydrogens is 222 g/mol. The minimum absolute atomic E-state index is 0.341. The van der Waals surface area contributed by atoms with Crippen molar-refractivity contribution in [3.8, 4) is 0 Å². The van der Waals surface area contributed by atoms with E-state index in [1.165, 1.54) is 6.42 Å². The smallest absolute Gasteiger partial charge is 0.222 e. The summed E-state index contributed by atoms with van der Waals surface area (Å²) in [6, 6.07) is 0. The Balaban J connectivity index is 2.37. The second kappa shape index (κ2) is 7.16. The zero-order chi connectivity index (χ0) is 12.0. The molecule has 1 fully saturated rings. The van der Waals surface area contributed by atoms with Crippen LogP contribution in [0.4, 0.5) is 0 Å². The van der Waals surface area contributed by atoms with Gasteiger partial charge in [-0.3, -0.25) is 4.79 Å². The first-order valence-corrected chi connectivity index (χ1v) is 7.04. The zero-order valence-corrected chi connectivity index (χ0v) is 11.3. The van der Waals surface area contributed by atoms with Crippen molar-refractivity contribution in [2.45, 2.75) is 46.0 Å². The molecular formula is C13H24ClNO. The van der Waals surface area contributed by atoms with Gasteiger partial charge >= 0.3 is 0 Å². The molecule has 1 heterocycles. The molecule has 0 N–H and O–H groups in total. The summed E-state index contributed by atoms with van der Waals surface area (Å²) in [4.78, 5) is 14.1. The molecule has 1 rings (SSSR count). The number of carbonyl (C=O) groups is 1. The molecule has 2 atom stereocenters. The summed E-state index contributed by atoms with van der Waals surface area (Å²) in [6.45, 7) is 6.18. The first kappa shape index (κ1) is 13.8. The molecule has 16 heavy (non-hydrogen) atoms. The number of alkyl halides is 1. The monoisotopic (exact) mass is 245 g/mol. The Morgan fingerprint density at radius 2 is 2.31 bits per heavy atom. The van der Waals surface area contributed by atoms with Crippen molar-refractivity contribution in [1.82, 2.24) is 4.90 Å². The van der Waals surface area contributed by atoms with Crippen molar-refractivity contribution in [2.24, 2.45) is 11.8 Å². The lowest BCUT2D eigenvalue weighted by Crippen LogP contribution is -2.40. The van der Waals surface area contributed by atoms with Gasteiger partial charge in [-0.2, -0.15) is 0 Å². The van der Waals surface area contributed by atoms with Crippen molar-refractivity contribution in [2.75, 3.05) is 19.0 Å². The number of piperidine rings is 1. The number of amides is 1. The summed E-state index contributed by atoms with van der Waals surface area (Å²) in [5, 5.41) is 0. The van der Waals surface area contributed by atoms with Crippen molar-refractivity contribution < 1.29 is 4.79 Å². The van der Waals surface area contributed by atoms with E-state index >= 15 is 0 Å². The molecule has 1 aliphatic rings. The molecule has 0 saturated carbocycles. The fourth-order valence-electron chi connectivity index (χ4n) is 2.25. The van der Waals surface area contributed by atoms with Gasteiger partial charge in [0.15, 0.2) is 0 Å². The van der Waals surface area contributed by atoms with Crippen LogP contribution in [0.3, 0.4) is 0 Å². The molecule has 94 valence electrons. The molecule has 2 nitrogen and oxygen atoms in total. The zero-order valence-electron chi connectivity index (χ0n) is 10.5. The minimum atomic E-state index is 0.341. The summed E-state index contributed by atoms with van der Waals surface area (Å²) in [7, 11) is 0. The van der Waals surface area contributed by atoms with Gasteiger partial charge in [0.2, 0.25) is 5.91 Å². The van der Waals surface area contributed by atoms with Crippen LogP contribution in [0.2, 0.25) is 0 Å². The highest BCUT2D eigenvalue weighted by Crippen LogP contribution is 2.21. The number of rotatable bonds is 5. The Hall–Kier alpha value is -0.240. The predicted octanol–water partition coefficient (Wildman–Crippen LogP) is 3.29. The van der Waals surface area contributed by atoms with Gasteiger partial charge in [-0.25, -0.2) is 0 Å². The first-order valence-electron chi connectivity index (χ1n) is 6.51. The molecule has 0 aromatic rings. The summed E-state index contributed by atoms with van der Waals surface area (Å²) in [6.07, 6.45) is 5.23. The molecule has 1 aliphatic heterocycles. The Labute approximate surface area is 104 Å². The van der Waals surface area contributed by atoms with Gasteiger partial charge in [0.25, 0.3) is 0 Å². The maximum Gasteiger partial charge on any atom is 0.222 e. The quantitative estimate of drug-likeness (QED) is 0.681. The van der Waals surface area contributed by atoms with Gasteiger partial charge in [0.05, 0.1) is 0 Å². The lowest BCUT2D eigenvalue weighted by Gasteiger charge is -2.33. The molecule has 0 radical (unpaired) electrons. The Morgan fingerprint density at radius 1 is 1.56 bits per heavy atom. The largest absolute Gasteiger partial charge is 0.342 e. The molecule has 0 bridgehead atoms. The summed E-state index contributed by atoms with van der Waals surface area (Å²) >= 11 is 5.77. The number of halogens is 1. The number of hydrogen-bond acceptors (Lipinski definition) is 1. The van der Waals surface area contributed by atoms with E-state index < -0.39 is 0 Å². The Bertz CT molecular complexity index is 218. The van der Waals surface area contributed by atoms with E-state index in [1.54, 1.807) is 0 Å². The number of likely N-dealkylation sites (tertiary alicyclic amines) is 1. The van der Waals surface area contributed by atoms with E-state index in [9.17, 15) is 4.79 Å². The maximum atomic E-state index is 12.0. The third-order valence-corrected chi connectivity index (χ3v) is 3.83. The molecule has 1 amide bonds. The van der Waals surface area contributed by atoms with Crippen molar-refractivity contribution >= 4 is 17.5 Å². The predicted molar refractivity (Wildman–Crippen MR) is 68.7 cm³/mol. The van der Waals surface area contributed by atoms with E-state index in [2.05, 4.69) is 13.8 Å². The van der Waals surface area contributed by atoms with E-state index in [1.807, 2.05) is 4.90 Å². The minimum Gasteiger partial charge on any atom is -0.342 e. The van der Waals surface area contributed by atoms with E-state index in [0.29, 0.717) is 24.2 Å². The SMILES string of the molecule is CCC(C)CC(=O)N1CCCC(CCCl)C1. The Kier molecular flexibility index (Phi) is 6.18. The topological polar surface area (TPSA) is 20.3 Å². The average molecular weight is 246 g/mol. The molecule has 0 aliphatic carbocycles. The van der Waals surface area contributed by atoms with Crippen LogP contribution in [0.5, 0.6) is 0 Å². The second-order valence-electron chi connectivity index (χ2n) is 5.04. The van der Waals surface area contributed by atoms with Crippen LogP contribution in [-0.4, -0.2) is 29.8 Å². The molecule has 2 unspecified atom stereocenters. The standard InChI is InChI=1S/C13H24ClNO/c1-3-11(2)9-13(16)15-8-4-5-12(10-15)6-7-14/h11-12H,3-10H2,1-2H3. The van der Waals surface area contributed by atoms with E-state index in [4.69, 9.17) is 11.6 Å². The average Bonchev–Trinajstić information content (AvgIpc) is 2.29. The van der Waals surface area contributed by atoms with Crippen LogP contribution in [0.1, 0.15) is 46.0 Å². The lowest BCUT2D eigenvalue weighted by molar-refractivity contribution is -0.133. The van der Waals surface area contributed by atoms with Crippen molar-refractivity contribution in [3.05, 3.63) is 0 Å². The lowest BCUT2D eigenvalue weighted by atomic mass is 9.94. The normalized spacial score (nSPS) is 23.2. The van der Waals surface area contributed by atoms with Crippen LogP contribution in [-0.2, 0) is 4.79 Å². The van der Waals surface area contributed by atoms with Crippen molar-refractivity contribution in [3.63, 3.8) is 0 Å². The Morgan fingerprint density at radius 3 is 2.94 bits per heavy atom. The molecule has 3 heteroatoms. The highest BCUT2D eigenvalue weighted by Gasteiger charge is 2.23. The number of nitrogens with zero attached hydrogens (tertiary/aromatic N) is 1. The van der Waals surface area contributed by atoms with Crippen LogP contribution in [0, 0.1) is 11.8 Å². The van der Waals surface area contributed by atoms with Crippen LogP contribution in [0.25, 0.3) is 0 Å². The van der Waals surface area contributed by atoms with E-state index in [-0.39, 0.29) is 0 Å². The third kappa shape index (κ3) is 4.32. The maximum absolute atomic E-state index is 12.0. The highest BCUT2D eigenvalue weighted by atomic mass is 35.5. The second-order valence-corrected chi connectivity index (χ2v) is 5.42. The van der Waals surface area contributed by atoms with Crippen molar-refractivity contribution in [1.29, 1.82) is 0 Å². The fourth-order valence-corrected chi connectivity index (χ4v) is 2.56. The van der Waals surface area contributed by atoms with Gasteiger partial charge in [0.1, 0.15) is 0 Å². The fraction of sp³-hybridized carbons (Fsp3) is 0.923. The molecule has 0 aromatic carbocycles. The highest BCUT2D eigenvalue weighted by molar-refractivity contribution is 6.17. The summed E-state index contributed by atoms with van der Waals surface area (Å²) < 4.78 is 0. The number of carbonyl (C=O) groups excluding carboxylic acids is 1. The third-order valence-electron chi connectivity index (χ3n) is 3.61. The van der Waals surface area contributed by atoms with Gasteiger partial charge in [0, 0.05) is 25.4 Å². The van der Waals surface area contributed by atoms with Crippen LogP contribution < -0.4 is 0 Å². The van der Waals surface area contributed by atoms with Crippen LogP contribution in [0.15, 0.2) is 0 Å². The van der Waals surface area contributed by atoms with Crippen LogP contribution >= 0.6 is 11.6 Å². The first-order chi connectivity index (χ1) is 7.67. The van der Waals surface area contributed by atoms with Gasteiger partial charge in [-0.15, -0.1) is 11.6 Å². The summed E-state index contributed by atoms with van der Waals surface area (Å²) in [5.74, 6) is 2.21. The molecule has 1 saturated heterocycles. The van der Waals surface area contributed by atoms with Gasteiger partial charge in [-0.1, -0.05) is 20.3 Å². The molecule has 0 spiro atoms. The summed E-state index contributed by atoms with van der Waals surface area (Å²) in [5.41, 5.74) is 0. The van der Waals surface area contributed by atoms with Gasteiger partial charge in [-0.05, 0) is 31.1 Å². The van der Waals surface area contributed by atoms with Gasteiger partial charge < -0.3 is 4.90 Å². The molecule has 0 aromatic heterocycles. The van der Waals surface area contributed by atoms with E-state index in [0.717, 1.165) is 38.2 Å². The number of hydrogen-bond donors (Lipinski definition) is 0.